The number of fused-ring (bicyclic) bond motifs is 1. The number of nitrogens with zero attached hydrogens (tertiary/aromatic N) is 2. The van der Waals surface area contributed by atoms with E-state index in [0.717, 1.165) is 28.0 Å². The van der Waals surface area contributed by atoms with Crippen molar-refractivity contribution in [2.75, 3.05) is 7.11 Å². The predicted molar refractivity (Wildman–Crippen MR) is 172 cm³/mol. The van der Waals surface area contributed by atoms with Crippen molar-refractivity contribution < 1.29 is 9.53 Å². The minimum Gasteiger partial charge on any atom is -0.497 e. The number of hydrogen-bond donors (Lipinski definition) is 1. The quantitative estimate of drug-likeness (QED) is 0.131. The van der Waals surface area contributed by atoms with Gasteiger partial charge in [0.05, 0.1) is 25.2 Å². The van der Waals surface area contributed by atoms with E-state index < -0.39 is 11.6 Å². The molecule has 42 heavy (non-hydrogen) atoms. The molecule has 4 aromatic carbocycles. The van der Waals surface area contributed by atoms with Gasteiger partial charge in [-0.25, -0.2) is 0 Å². The molecule has 7 heteroatoms. The van der Waals surface area contributed by atoms with E-state index in [0.29, 0.717) is 11.7 Å². The zero-order valence-corrected chi connectivity index (χ0v) is 25.5. The molecule has 2 heterocycles. The Morgan fingerprint density at radius 3 is 1.86 bits per heavy atom. The molecule has 0 aromatic heterocycles. The molecular formula is C35H34ClN3O2S. The smallest absolute Gasteiger partial charge is 0.244 e. The van der Waals surface area contributed by atoms with Gasteiger partial charge in [0.1, 0.15) is 22.3 Å². The molecule has 2 saturated heterocycles. The van der Waals surface area contributed by atoms with Gasteiger partial charge < -0.3 is 9.64 Å². The Morgan fingerprint density at radius 1 is 0.881 bits per heavy atom. The molecular weight excluding hydrogens is 562 g/mol. The number of nitrogens with one attached hydrogen (secondary N) is 1. The van der Waals surface area contributed by atoms with Crippen LogP contribution in [0.15, 0.2) is 120 Å². The Kier molecular flexibility index (Phi) is 7.88. The van der Waals surface area contributed by atoms with E-state index >= 15 is 0 Å². The number of thioether (sulfide) groups is 1. The monoisotopic (exact) mass is 595 g/mol. The molecule has 0 bridgehead atoms. The van der Waals surface area contributed by atoms with Crippen LogP contribution < -0.4 is 10.1 Å². The molecule has 214 valence electrons. The van der Waals surface area contributed by atoms with Crippen LogP contribution in [0, 0.1) is 0 Å². The minimum atomic E-state index is -0.731. The van der Waals surface area contributed by atoms with Crippen molar-refractivity contribution in [2.45, 2.75) is 48.1 Å². The highest BCUT2D eigenvalue weighted by molar-refractivity contribution is 8.01. The molecule has 2 aliphatic rings. The Balaban J connectivity index is 1.33. The fourth-order valence-electron chi connectivity index (χ4n) is 6.16. The highest BCUT2D eigenvalue weighted by Gasteiger charge is 2.64. The number of ether oxygens (including phenoxy) is 1. The highest BCUT2D eigenvalue weighted by Crippen LogP contribution is 2.53. The molecule has 5 nitrogen and oxygen atoms in total. The minimum absolute atomic E-state index is 0.0352. The van der Waals surface area contributed by atoms with Crippen LogP contribution in [0.1, 0.15) is 36.1 Å². The number of carbonyl (C=O) groups is 1. The summed E-state index contributed by atoms with van der Waals surface area (Å²) in [6.45, 7) is 4.73. The summed E-state index contributed by atoms with van der Waals surface area (Å²) in [5.74, 6) is 0.834. The van der Waals surface area contributed by atoms with Crippen molar-refractivity contribution in [2.24, 2.45) is 4.99 Å². The van der Waals surface area contributed by atoms with Crippen LogP contribution in [0.4, 0.5) is 0 Å². The number of amides is 1. The molecule has 0 saturated carbocycles. The van der Waals surface area contributed by atoms with Gasteiger partial charge in [0.15, 0.2) is 0 Å². The lowest BCUT2D eigenvalue weighted by molar-refractivity contribution is -0.147. The van der Waals surface area contributed by atoms with Crippen LogP contribution in [0.5, 0.6) is 5.75 Å². The van der Waals surface area contributed by atoms with E-state index in [1.165, 1.54) is 0 Å². The third-order valence-electron chi connectivity index (χ3n) is 8.23. The largest absolute Gasteiger partial charge is 0.497 e. The summed E-state index contributed by atoms with van der Waals surface area (Å²) in [6, 6.07) is 38.2. The third kappa shape index (κ3) is 5.02. The summed E-state index contributed by atoms with van der Waals surface area (Å²) in [5, 5.41) is 4.27. The zero-order chi connectivity index (χ0) is 29.3. The topological polar surface area (TPSA) is 53.9 Å². The first-order valence-corrected chi connectivity index (χ1v) is 15.4. The van der Waals surface area contributed by atoms with Crippen molar-refractivity contribution in [3.8, 4) is 5.75 Å². The van der Waals surface area contributed by atoms with E-state index in [-0.39, 0.29) is 22.1 Å². The maximum Gasteiger partial charge on any atom is 0.244 e. The van der Waals surface area contributed by atoms with Gasteiger partial charge in [-0.05, 0) is 48.2 Å². The van der Waals surface area contributed by atoms with E-state index in [9.17, 15) is 4.79 Å². The fraction of sp³-hybridized carbons (Fsp3) is 0.257. The molecule has 2 aliphatic heterocycles. The molecule has 2 unspecified atom stereocenters. The SMILES string of the molecule is COc1ccc(CN=C(Cl)C2N3C(=O)C(NC(c4ccccc4)(c4ccccc4)c4ccccc4)[C@H]3SC2(C)C)cc1. The first-order chi connectivity index (χ1) is 20.3. The first kappa shape index (κ1) is 28.5. The van der Waals surface area contributed by atoms with Gasteiger partial charge in [-0.15, -0.1) is 11.8 Å². The van der Waals surface area contributed by atoms with Gasteiger partial charge in [-0.3, -0.25) is 15.1 Å². The van der Waals surface area contributed by atoms with Crippen LogP contribution >= 0.6 is 23.4 Å². The van der Waals surface area contributed by atoms with E-state index in [1.54, 1.807) is 18.9 Å². The lowest BCUT2D eigenvalue weighted by Gasteiger charge is -2.49. The van der Waals surface area contributed by atoms with Crippen molar-refractivity contribution in [3.63, 3.8) is 0 Å². The molecule has 1 amide bonds. The Labute approximate surface area is 257 Å². The standard InChI is InChI=1S/C35H34ClN3O2S/c1-34(2)30(31(36)37-23-24-19-21-28(41-3)22-20-24)39-32(40)29(33(39)42-34)38-35(25-13-7-4-8-14-25,26-15-9-5-10-16-26)27-17-11-6-12-18-27/h4-22,29-30,33,38H,23H2,1-3H3/t29?,30?,33-/m1/s1. The maximum atomic E-state index is 14.1. The third-order valence-corrected chi connectivity index (χ3v) is 10.1. The van der Waals surface area contributed by atoms with Crippen LogP contribution in [0.3, 0.4) is 0 Å². The number of hydrogen-bond acceptors (Lipinski definition) is 5. The highest BCUT2D eigenvalue weighted by atomic mass is 35.5. The molecule has 0 aliphatic carbocycles. The second kappa shape index (κ2) is 11.6. The van der Waals surface area contributed by atoms with Gasteiger partial charge >= 0.3 is 0 Å². The normalized spacial score (nSPS) is 21.5. The van der Waals surface area contributed by atoms with Crippen LogP contribution in [-0.2, 0) is 16.9 Å². The first-order valence-electron chi connectivity index (χ1n) is 14.1. The van der Waals surface area contributed by atoms with E-state index in [4.69, 9.17) is 21.3 Å². The second-order valence-corrected chi connectivity index (χ2v) is 13.4. The van der Waals surface area contributed by atoms with Crippen molar-refractivity contribution in [3.05, 3.63) is 138 Å². The van der Waals surface area contributed by atoms with E-state index in [2.05, 4.69) is 92.0 Å². The number of aliphatic imine (C=N–C) groups is 1. The Bertz CT molecular complexity index is 1470. The number of rotatable bonds is 9. The van der Waals surface area contributed by atoms with Crippen LogP contribution in [-0.4, -0.2) is 45.3 Å². The molecule has 6 rings (SSSR count). The van der Waals surface area contributed by atoms with Gasteiger partial charge in [-0.1, -0.05) is 115 Å². The van der Waals surface area contributed by atoms with E-state index in [1.807, 2.05) is 47.4 Å². The van der Waals surface area contributed by atoms with Gasteiger partial charge in [0, 0.05) is 4.75 Å². The fourth-order valence-corrected chi connectivity index (χ4v) is 8.30. The number of methoxy groups -OCH3 is 1. The molecule has 1 N–H and O–H groups in total. The van der Waals surface area contributed by atoms with Crippen molar-refractivity contribution in [1.29, 1.82) is 0 Å². The summed E-state index contributed by atoms with van der Waals surface area (Å²) in [5.41, 5.74) is 3.53. The Hall–Kier alpha value is -3.58. The molecule has 3 atom stereocenters. The molecule has 0 spiro atoms. The van der Waals surface area contributed by atoms with Crippen LogP contribution in [0.2, 0.25) is 0 Å². The van der Waals surface area contributed by atoms with Gasteiger partial charge in [0.25, 0.3) is 0 Å². The Morgan fingerprint density at radius 2 is 1.38 bits per heavy atom. The van der Waals surface area contributed by atoms with Gasteiger partial charge in [0.2, 0.25) is 5.91 Å². The molecule has 2 fully saturated rings. The summed E-state index contributed by atoms with van der Waals surface area (Å²) in [4.78, 5) is 20.7. The van der Waals surface area contributed by atoms with Crippen molar-refractivity contribution >= 4 is 34.4 Å². The molecule has 0 radical (unpaired) electrons. The number of benzene rings is 4. The summed E-state index contributed by atoms with van der Waals surface area (Å²) < 4.78 is 4.95. The predicted octanol–water partition coefficient (Wildman–Crippen LogP) is 6.85. The summed E-state index contributed by atoms with van der Waals surface area (Å²) >= 11 is 8.69. The number of halogens is 1. The zero-order valence-electron chi connectivity index (χ0n) is 23.9. The number of carbonyl (C=O) groups excluding carboxylic acids is 1. The summed E-state index contributed by atoms with van der Waals surface area (Å²) in [7, 11) is 1.65. The number of β-lactam (4-membered cyclic amide) rings is 1. The average Bonchev–Trinajstić information content (AvgIpc) is 3.29. The average molecular weight is 596 g/mol. The van der Waals surface area contributed by atoms with Crippen LogP contribution in [0.25, 0.3) is 0 Å². The van der Waals surface area contributed by atoms with Gasteiger partial charge in [-0.2, -0.15) is 0 Å². The van der Waals surface area contributed by atoms with Crippen molar-refractivity contribution in [1.82, 2.24) is 10.2 Å². The molecule has 4 aromatic rings. The lowest BCUT2D eigenvalue weighted by atomic mass is 9.76. The maximum absolute atomic E-state index is 14.1. The second-order valence-electron chi connectivity index (χ2n) is 11.2. The lowest BCUT2D eigenvalue weighted by Crippen LogP contribution is -2.72. The summed E-state index contributed by atoms with van der Waals surface area (Å²) in [6.07, 6.45) is 0.